The van der Waals surface area contributed by atoms with Gasteiger partial charge in [0.05, 0.1) is 11.6 Å². The van der Waals surface area contributed by atoms with Gasteiger partial charge >= 0.3 is 0 Å². The molecule has 1 aliphatic heterocycles. The van der Waals surface area contributed by atoms with E-state index in [1.165, 1.54) is 0 Å². The van der Waals surface area contributed by atoms with Gasteiger partial charge in [0.25, 0.3) is 0 Å². The summed E-state index contributed by atoms with van der Waals surface area (Å²) in [5.41, 5.74) is 3.68. The van der Waals surface area contributed by atoms with Gasteiger partial charge in [0, 0.05) is 31.4 Å². The molecule has 4 rings (SSSR count). The van der Waals surface area contributed by atoms with Gasteiger partial charge in [-0.2, -0.15) is 5.10 Å². The van der Waals surface area contributed by atoms with Crippen LogP contribution in [0.15, 0.2) is 42.7 Å². The van der Waals surface area contributed by atoms with E-state index in [1.807, 2.05) is 35.2 Å². The number of amides is 1. The third kappa shape index (κ3) is 3.07. The zero-order valence-corrected chi connectivity index (χ0v) is 14.9. The molecule has 6 nitrogen and oxygen atoms in total. The molecule has 1 atom stereocenters. The number of rotatable bonds is 4. The summed E-state index contributed by atoms with van der Waals surface area (Å²) in [6.07, 6.45) is 6.02. The van der Waals surface area contributed by atoms with Crippen LogP contribution in [-0.2, 0) is 4.79 Å². The van der Waals surface area contributed by atoms with Gasteiger partial charge < -0.3 is 4.90 Å². The lowest BCUT2D eigenvalue weighted by Crippen LogP contribution is -2.40. The highest BCUT2D eigenvalue weighted by molar-refractivity contribution is 5.84. The molecule has 1 aliphatic rings. The Bertz CT molecular complexity index is 883. The van der Waals surface area contributed by atoms with Gasteiger partial charge in [0.1, 0.15) is 5.52 Å². The van der Waals surface area contributed by atoms with Crippen LogP contribution in [0.1, 0.15) is 49.3 Å². The molecule has 0 bridgehead atoms. The Hall–Kier alpha value is -2.76. The van der Waals surface area contributed by atoms with Crippen molar-refractivity contribution in [1.29, 1.82) is 0 Å². The van der Waals surface area contributed by atoms with E-state index in [2.05, 4.69) is 27.1 Å². The summed E-state index contributed by atoms with van der Waals surface area (Å²) in [7, 11) is 0. The second kappa shape index (κ2) is 7.23. The summed E-state index contributed by atoms with van der Waals surface area (Å²) in [5.74, 6) is 0.538. The standard InChI is InChI=1S/C20H23N5O/c1-2-16(14-6-4-3-5-7-14)20(26)25-12-8-15(9-13-25)17-18-19(24-23-17)22-11-10-21-18/h3-7,10-11,15-16H,2,8-9,12-13H2,1H3,(H,22,23,24)/t16-/m1/s1. The quantitative estimate of drug-likeness (QED) is 0.784. The second-order valence-electron chi connectivity index (χ2n) is 6.84. The Kier molecular flexibility index (Phi) is 4.65. The van der Waals surface area contributed by atoms with Gasteiger partial charge in [-0.25, -0.2) is 9.97 Å². The number of likely N-dealkylation sites (tertiary alicyclic amines) is 1. The molecule has 26 heavy (non-hydrogen) atoms. The Morgan fingerprint density at radius 3 is 2.65 bits per heavy atom. The summed E-state index contributed by atoms with van der Waals surface area (Å²) >= 11 is 0. The molecule has 3 aromatic rings. The predicted molar refractivity (Wildman–Crippen MR) is 99.7 cm³/mol. The molecule has 1 amide bonds. The maximum atomic E-state index is 13.0. The van der Waals surface area contributed by atoms with Crippen LogP contribution in [0.4, 0.5) is 0 Å². The number of H-pyrrole nitrogens is 1. The van der Waals surface area contributed by atoms with Gasteiger partial charge in [-0.05, 0) is 24.8 Å². The largest absolute Gasteiger partial charge is 0.342 e. The van der Waals surface area contributed by atoms with Crippen LogP contribution in [0.25, 0.3) is 11.2 Å². The van der Waals surface area contributed by atoms with Crippen molar-refractivity contribution < 1.29 is 4.79 Å². The first-order valence-electron chi connectivity index (χ1n) is 9.26. The third-order valence-electron chi connectivity index (χ3n) is 5.34. The summed E-state index contributed by atoms with van der Waals surface area (Å²) in [6.45, 7) is 3.62. The van der Waals surface area contributed by atoms with Crippen molar-refractivity contribution in [3.05, 3.63) is 54.0 Å². The number of hydrogen-bond donors (Lipinski definition) is 1. The molecular weight excluding hydrogens is 326 g/mol. The van der Waals surface area contributed by atoms with E-state index in [1.54, 1.807) is 12.4 Å². The van der Waals surface area contributed by atoms with E-state index in [0.29, 0.717) is 11.6 Å². The number of nitrogens with one attached hydrogen (secondary N) is 1. The van der Waals surface area contributed by atoms with Gasteiger partial charge in [0.15, 0.2) is 5.65 Å². The summed E-state index contributed by atoms with van der Waals surface area (Å²) in [5, 5.41) is 7.36. The summed E-state index contributed by atoms with van der Waals surface area (Å²) in [4.78, 5) is 23.7. The van der Waals surface area contributed by atoms with Crippen LogP contribution in [0.5, 0.6) is 0 Å². The first-order valence-corrected chi connectivity index (χ1v) is 9.26. The molecule has 2 aromatic heterocycles. The number of benzene rings is 1. The monoisotopic (exact) mass is 349 g/mol. The van der Waals surface area contributed by atoms with Gasteiger partial charge in [-0.3, -0.25) is 9.89 Å². The minimum atomic E-state index is -0.0494. The number of carbonyl (C=O) groups excluding carboxylic acids is 1. The number of nitrogens with zero attached hydrogens (tertiary/aromatic N) is 4. The third-order valence-corrected chi connectivity index (χ3v) is 5.34. The Morgan fingerprint density at radius 2 is 1.92 bits per heavy atom. The van der Waals surface area contributed by atoms with Crippen molar-refractivity contribution in [1.82, 2.24) is 25.1 Å². The van der Waals surface area contributed by atoms with Crippen molar-refractivity contribution in [3.63, 3.8) is 0 Å². The zero-order chi connectivity index (χ0) is 17.9. The molecular formula is C20H23N5O. The average Bonchev–Trinajstić information content (AvgIpc) is 3.13. The summed E-state index contributed by atoms with van der Waals surface area (Å²) < 4.78 is 0. The van der Waals surface area contributed by atoms with E-state index in [4.69, 9.17) is 0 Å². The molecule has 0 radical (unpaired) electrons. The number of hydrogen-bond acceptors (Lipinski definition) is 4. The SMILES string of the molecule is CC[C@@H](C(=O)N1CCC(c2[nH]nc3nccnc23)CC1)c1ccccc1. The van der Waals surface area contributed by atoms with Crippen molar-refractivity contribution >= 4 is 17.1 Å². The predicted octanol–water partition coefficient (Wildman–Crippen LogP) is 3.25. The highest BCUT2D eigenvalue weighted by atomic mass is 16.2. The van der Waals surface area contributed by atoms with Gasteiger partial charge in [0.2, 0.25) is 5.91 Å². The van der Waals surface area contributed by atoms with E-state index in [0.717, 1.165) is 49.1 Å². The lowest BCUT2D eigenvalue weighted by atomic mass is 9.90. The van der Waals surface area contributed by atoms with E-state index >= 15 is 0 Å². The van der Waals surface area contributed by atoms with Crippen LogP contribution in [0.2, 0.25) is 0 Å². The molecule has 1 saturated heterocycles. The summed E-state index contributed by atoms with van der Waals surface area (Å²) in [6, 6.07) is 10.1. The fraction of sp³-hybridized carbons (Fsp3) is 0.400. The molecule has 0 unspecified atom stereocenters. The normalized spacial score (nSPS) is 16.7. The second-order valence-corrected chi connectivity index (χ2v) is 6.84. The molecule has 0 spiro atoms. The van der Waals surface area contributed by atoms with Crippen molar-refractivity contribution in [3.8, 4) is 0 Å². The number of fused-ring (bicyclic) bond motifs is 1. The Morgan fingerprint density at radius 1 is 1.19 bits per heavy atom. The Balaban J connectivity index is 1.45. The topological polar surface area (TPSA) is 74.8 Å². The first kappa shape index (κ1) is 16.7. The molecule has 0 saturated carbocycles. The maximum Gasteiger partial charge on any atom is 0.230 e. The molecule has 1 aromatic carbocycles. The lowest BCUT2D eigenvalue weighted by molar-refractivity contribution is -0.134. The van der Waals surface area contributed by atoms with Crippen molar-refractivity contribution in [2.45, 2.75) is 38.0 Å². The minimum absolute atomic E-state index is 0.0494. The fourth-order valence-electron chi connectivity index (χ4n) is 3.90. The molecule has 6 heteroatoms. The zero-order valence-electron chi connectivity index (χ0n) is 14.9. The van der Waals surface area contributed by atoms with Crippen LogP contribution < -0.4 is 0 Å². The van der Waals surface area contributed by atoms with Gasteiger partial charge in [-0.1, -0.05) is 37.3 Å². The van der Waals surface area contributed by atoms with Crippen LogP contribution in [-0.4, -0.2) is 44.1 Å². The van der Waals surface area contributed by atoms with Crippen molar-refractivity contribution in [2.24, 2.45) is 0 Å². The smallest absolute Gasteiger partial charge is 0.230 e. The first-order chi connectivity index (χ1) is 12.8. The highest BCUT2D eigenvalue weighted by Crippen LogP contribution is 2.32. The molecule has 0 aliphatic carbocycles. The van der Waals surface area contributed by atoms with E-state index in [9.17, 15) is 4.79 Å². The number of aromatic nitrogens is 4. The Labute approximate surface area is 152 Å². The maximum absolute atomic E-state index is 13.0. The molecule has 134 valence electrons. The molecule has 1 N–H and O–H groups in total. The van der Waals surface area contributed by atoms with Crippen LogP contribution in [0.3, 0.4) is 0 Å². The van der Waals surface area contributed by atoms with E-state index in [-0.39, 0.29) is 11.8 Å². The van der Waals surface area contributed by atoms with Crippen LogP contribution in [0, 0.1) is 0 Å². The number of carbonyl (C=O) groups is 1. The van der Waals surface area contributed by atoms with E-state index < -0.39 is 0 Å². The molecule has 3 heterocycles. The van der Waals surface area contributed by atoms with Crippen LogP contribution >= 0.6 is 0 Å². The molecule has 1 fully saturated rings. The van der Waals surface area contributed by atoms with Crippen molar-refractivity contribution in [2.75, 3.05) is 13.1 Å². The van der Waals surface area contributed by atoms with Gasteiger partial charge in [-0.15, -0.1) is 0 Å². The highest BCUT2D eigenvalue weighted by Gasteiger charge is 2.30. The fourth-order valence-corrected chi connectivity index (χ4v) is 3.90. The minimum Gasteiger partial charge on any atom is -0.342 e. The number of piperidine rings is 1. The number of aromatic amines is 1. The lowest BCUT2D eigenvalue weighted by Gasteiger charge is -2.34. The average molecular weight is 349 g/mol.